The van der Waals surface area contributed by atoms with Gasteiger partial charge in [-0.2, -0.15) is 13.2 Å². The maximum atomic E-state index is 14.2. The molecule has 2 heterocycles. The quantitative estimate of drug-likeness (QED) is 0.537. The van der Waals surface area contributed by atoms with Crippen LogP contribution in [0.1, 0.15) is 46.8 Å². The summed E-state index contributed by atoms with van der Waals surface area (Å²) in [4.78, 5) is 22.9. The Morgan fingerprint density at radius 2 is 1.91 bits per heavy atom. The van der Waals surface area contributed by atoms with Gasteiger partial charge in [-0.05, 0) is 60.5 Å². The first-order chi connectivity index (χ1) is 16.5. The van der Waals surface area contributed by atoms with Crippen LogP contribution in [0.4, 0.5) is 13.2 Å². The fraction of sp³-hybridized carbons (Fsp3) is 0.348. The minimum absolute atomic E-state index is 0.0457. The van der Waals surface area contributed by atoms with E-state index in [2.05, 4.69) is 15.6 Å². The molecular formula is C23H20Cl2F3N3O4. The van der Waals surface area contributed by atoms with Gasteiger partial charge in [0.15, 0.2) is 0 Å². The van der Waals surface area contributed by atoms with Crippen LogP contribution >= 0.6 is 23.2 Å². The van der Waals surface area contributed by atoms with E-state index in [1.54, 1.807) is 13.0 Å². The van der Waals surface area contributed by atoms with Gasteiger partial charge in [0.2, 0.25) is 12.1 Å². The zero-order chi connectivity index (χ0) is 25.4. The van der Waals surface area contributed by atoms with Crippen molar-refractivity contribution in [1.29, 1.82) is 0 Å². The van der Waals surface area contributed by atoms with Crippen LogP contribution in [0.3, 0.4) is 0 Å². The van der Waals surface area contributed by atoms with E-state index in [0.29, 0.717) is 29.2 Å². The molecule has 2 aliphatic heterocycles. The standard InChI is InChI=1S/C23H20Cl2F3N3O4/c1-3-33-20-10-19(34-31-20)29-21(32)17-5-4-13(6-12(17)2)18-11-22(35-30-18,23(26,27)28)14-7-15(24)9-16(25)8-14/h4-9,19H,3,10-11H2,1-2H3,(H,29,32)/t19-,22+/m1/s1. The molecule has 0 saturated carbocycles. The van der Waals surface area contributed by atoms with Crippen LogP contribution in [0.25, 0.3) is 0 Å². The number of halogens is 5. The number of carbonyl (C=O) groups is 1. The topological polar surface area (TPSA) is 81.5 Å². The smallest absolute Gasteiger partial charge is 0.435 e. The Morgan fingerprint density at radius 3 is 2.54 bits per heavy atom. The first-order valence-corrected chi connectivity index (χ1v) is 11.3. The van der Waals surface area contributed by atoms with E-state index in [1.165, 1.54) is 18.2 Å². The lowest BCUT2D eigenvalue weighted by molar-refractivity contribution is -0.275. The molecule has 186 valence electrons. The fourth-order valence-electron chi connectivity index (χ4n) is 3.85. The van der Waals surface area contributed by atoms with Gasteiger partial charge in [-0.3, -0.25) is 4.79 Å². The van der Waals surface area contributed by atoms with Gasteiger partial charge in [0, 0.05) is 27.6 Å². The normalized spacial score (nSPS) is 21.6. The Morgan fingerprint density at radius 1 is 1.20 bits per heavy atom. The van der Waals surface area contributed by atoms with Gasteiger partial charge in [0.25, 0.3) is 11.5 Å². The zero-order valence-corrected chi connectivity index (χ0v) is 20.1. The number of nitrogens with zero attached hydrogens (tertiary/aromatic N) is 2. The molecule has 7 nitrogen and oxygen atoms in total. The van der Waals surface area contributed by atoms with Crippen LogP contribution in [0.15, 0.2) is 46.7 Å². The Bertz CT molecular complexity index is 1200. The summed E-state index contributed by atoms with van der Waals surface area (Å²) in [7, 11) is 0. The van der Waals surface area contributed by atoms with Gasteiger partial charge in [0.1, 0.15) is 0 Å². The van der Waals surface area contributed by atoms with Crippen molar-refractivity contribution in [3.63, 3.8) is 0 Å². The zero-order valence-electron chi connectivity index (χ0n) is 18.6. The maximum Gasteiger partial charge on any atom is 0.435 e. The summed E-state index contributed by atoms with van der Waals surface area (Å²) < 4.78 is 47.9. The number of hydrogen-bond donors (Lipinski definition) is 1. The molecule has 0 unspecified atom stereocenters. The molecule has 1 amide bonds. The molecule has 0 bridgehead atoms. The van der Waals surface area contributed by atoms with Crippen molar-refractivity contribution < 1.29 is 32.4 Å². The number of hydrogen-bond acceptors (Lipinski definition) is 6. The molecule has 2 aliphatic rings. The molecule has 1 N–H and O–H groups in total. The fourth-order valence-corrected chi connectivity index (χ4v) is 4.38. The number of nitrogens with one attached hydrogen (secondary N) is 1. The third-order valence-corrected chi connectivity index (χ3v) is 6.00. The summed E-state index contributed by atoms with van der Waals surface area (Å²) in [6.45, 7) is 3.90. The summed E-state index contributed by atoms with van der Waals surface area (Å²) in [5.74, 6) is -0.0342. The van der Waals surface area contributed by atoms with E-state index in [9.17, 15) is 18.0 Å². The number of ether oxygens (including phenoxy) is 1. The largest absolute Gasteiger partial charge is 0.479 e. The molecule has 0 saturated heterocycles. The Labute approximate surface area is 208 Å². The molecular weight excluding hydrogens is 510 g/mol. The maximum absolute atomic E-state index is 14.2. The van der Waals surface area contributed by atoms with E-state index < -0.39 is 30.3 Å². The molecule has 0 fully saturated rings. The third-order valence-electron chi connectivity index (χ3n) is 5.56. The molecule has 2 aromatic rings. The average Bonchev–Trinajstić information content (AvgIpc) is 3.41. The molecule has 0 aliphatic carbocycles. The minimum atomic E-state index is -4.80. The van der Waals surface area contributed by atoms with Gasteiger partial charge < -0.3 is 19.7 Å². The number of carbonyl (C=O) groups excluding carboxylic acids is 1. The SMILES string of the molecule is CCOC1=NO[C@@H](NC(=O)c2ccc(C3=NO[C@@](c4cc(Cl)cc(Cl)c4)(C(F)(F)F)C3)cc2C)C1. The van der Waals surface area contributed by atoms with Gasteiger partial charge in [-0.1, -0.05) is 34.4 Å². The third kappa shape index (κ3) is 5.04. The van der Waals surface area contributed by atoms with Gasteiger partial charge in [-0.25, -0.2) is 0 Å². The highest BCUT2D eigenvalue weighted by atomic mass is 35.5. The summed E-state index contributed by atoms with van der Waals surface area (Å²) in [5, 5.41) is 10.3. The van der Waals surface area contributed by atoms with E-state index in [4.69, 9.17) is 37.6 Å². The summed E-state index contributed by atoms with van der Waals surface area (Å²) in [5.41, 5.74) is -1.68. The van der Waals surface area contributed by atoms with Crippen molar-refractivity contribution in [3.8, 4) is 0 Å². The second-order valence-corrected chi connectivity index (χ2v) is 8.88. The predicted molar refractivity (Wildman–Crippen MR) is 124 cm³/mol. The van der Waals surface area contributed by atoms with Crippen molar-refractivity contribution in [2.75, 3.05) is 6.61 Å². The average molecular weight is 530 g/mol. The lowest BCUT2D eigenvalue weighted by atomic mass is 9.86. The Kier molecular flexibility index (Phi) is 6.88. The lowest BCUT2D eigenvalue weighted by Gasteiger charge is -2.29. The van der Waals surface area contributed by atoms with Crippen LogP contribution < -0.4 is 5.32 Å². The highest BCUT2D eigenvalue weighted by Gasteiger charge is 2.62. The van der Waals surface area contributed by atoms with Crippen LogP contribution in [0.2, 0.25) is 10.0 Å². The predicted octanol–water partition coefficient (Wildman–Crippen LogP) is 5.71. The van der Waals surface area contributed by atoms with E-state index in [-0.39, 0.29) is 27.7 Å². The van der Waals surface area contributed by atoms with Gasteiger partial charge in [0.05, 0.1) is 18.7 Å². The van der Waals surface area contributed by atoms with Crippen molar-refractivity contribution in [3.05, 3.63) is 68.7 Å². The summed E-state index contributed by atoms with van der Waals surface area (Å²) in [6.07, 6.45) is -5.78. The van der Waals surface area contributed by atoms with Crippen LogP contribution in [-0.4, -0.2) is 36.5 Å². The molecule has 2 atom stereocenters. The van der Waals surface area contributed by atoms with Crippen LogP contribution in [-0.2, 0) is 20.0 Å². The molecule has 0 aromatic heterocycles. The van der Waals surface area contributed by atoms with Crippen LogP contribution in [0, 0.1) is 6.92 Å². The molecule has 0 radical (unpaired) electrons. The second kappa shape index (κ2) is 9.58. The number of alkyl halides is 3. The summed E-state index contributed by atoms with van der Waals surface area (Å²) in [6, 6.07) is 8.24. The van der Waals surface area contributed by atoms with Crippen molar-refractivity contribution in [1.82, 2.24) is 5.32 Å². The van der Waals surface area contributed by atoms with E-state index in [1.807, 2.05) is 6.92 Å². The number of rotatable bonds is 5. The number of aryl methyl sites for hydroxylation is 1. The molecule has 12 heteroatoms. The minimum Gasteiger partial charge on any atom is -0.479 e. The highest BCUT2D eigenvalue weighted by Crippen LogP contribution is 2.49. The highest BCUT2D eigenvalue weighted by molar-refractivity contribution is 6.34. The molecule has 35 heavy (non-hydrogen) atoms. The Hall–Kier alpha value is -2.98. The Balaban J connectivity index is 1.52. The monoisotopic (exact) mass is 529 g/mol. The lowest BCUT2D eigenvalue weighted by Crippen LogP contribution is -2.42. The number of benzene rings is 2. The second-order valence-electron chi connectivity index (χ2n) is 8.01. The van der Waals surface area contributed by atoms with Crippen molar-refractivity contribution in [2.45, 2.75) is 44.7 Å². The summed E-state index contributed by atoms with van der Waals surface area (Å²) >= 11 is 11.9. The van der Waals surface area contributed by atoms with Crippen LogP contribution in [0.5, 0.6) is 0 Å². The van der Waals surface area contributed by atoms with E-state index >= 15 is 0 Å². The van der Waals surface area contributed by atoms with Gasteiger partial charge in [-0.15, -0.1) is 0 Å². The number of amides is 1. The van der Waals surface area contributed by atoms with Crippen molar-refractivity contribution >= 4 is 40.7 Å². The van der Waals surface area contributed by atoms with E-state index in [0.717, 1.165) is 12.1 Å². The number of oxime groups is 2. The first-order valence-electron chi connectivity index (χ1n) is 10.6. The first kappa shape index (κ1) is 25.1. The van der Waals surface area contributed by atoms with Gasteiger partial charge >= 0.3 is 6.18 Å². The molecule has 2 aromatic carbocycles. The van der Waals surface area contributed by atoms with Crippen molar-refractivity contribution in [2.24, 2.45) is 10.3 Å². The molecule has 0 spiro atoms. The molecule has 4 rings (SSSR count).